The van der Waals surface area contributed by atoms with Gasteiger partial charge in [-0.15, -0.1) is 5.10 Å². The molecule has 0 bridgehead atoms. The summed E-state index contributed by atoms with van der Waals surface area (Å²) in [5, 5.41) is 5.18. The summed E-state index contributed by atoms with van der Waals surface area (Å²) in [6, 6.07) is 3.03. The van der Waals surface area contributed by atoms with Crippen LogP contribution in [0.15, 0.2) is 16.9 Å². The Morgan fingerprint density at radius 3 is 2.11 bits per heavy atom. The second-order valence-electron chi connectivity index (χ2n) is 5.16. The molecule has 102 valence electrons. The van der Waals surface area contributed by atoms with Crippen molar-refractivity contribution >= 4 is 34.8 Å². The minimum Gasteiger partial charge on any atom is -0.292 e. The number of H-pyrrole nitrogens is 1. The van der Waals surface area contributed by atoms with Gasteiger partial charge in [-0.1, -0.05) is 55.6 Å². The van der Waals surface area contributed by atoms with Gasteiger partial charge < -0.3 is 0 Å². The van der Waals surface area contributed by atoms with E-state index in [9.17, 15) is 4.79 Å². The highest BCUT2D eigenvalue weighted by Gasteiger charge is 2.22. The molecule has 0 spiro atoms. The van der Waals surface area contributed by atoms with E-state index in [0.717, 1.165) is 4.68 Å². The van der Waals surface area contributed by atoms with E-state index in [1.807, 2.05) is 20.8 Å². The molecule has 0 saturated carbocycles. The third kappa shape index (κ3) is 2.81. The molecule has 1 heterocycles. The number of hydrogen-bond donors (Lipinski definition) is 1. The van der Waals surface area contributed by atoms with Gasteiger partial charge in [0.05, 0.1) is 10.0 Å². The molecule has 2 rings (SSSR count). The molecule has 19 heavy (non-hydrogen) atoms. The molecule has 0 radical (unpaired) electrons. The first-order chi connectivity index (χ1) is 8.70. The van der Waals surface area contributed by atoms with E-state index in [-0.39, 0.29) is 15.5 Å². The van der Waals surface area contributed by atoms with Crippen molar-refractivity contribution < 1.29 is 0 Å². The SMILES string of the molecule is CC(C)(C)c1nn(-c2c(Cl)cc(Cl)cc2Cl)c(=O)[nH]1. The van der Waals surface area contributed by atoms with E-state index in [1.165, 1.54) is 12.1 Å². The van der Waals surface area contributed by atoms with Gasteiger partial charge in [-0.05, 0) is 12.1 Å². The van der Waals surface area contributed by atoms with Crippen LogP contribution in [0, 0.1) is 0 Å². The zero-order valence-corrected chi connectivity index (χ0v) is 12.9. The fourth-order valence-electron chi connectivity index (χ4n) is 1.55. The number of nitrogens with zero attached hydrogens (tertiary/aromatic N) is 2. The van der Waals surface area contributed by atoms with Crippen molar-refractivity contribution in [1.29, 1.82) is 0 Å². The quantitative estimate of drug-likeness (QED) is 0.868. The summed E-state index contributed by atoms with van der Waals surface area (Å²) < 4.78 is 1.15. The highest BCUT2D eigenvalue weighted by atomic mass is 35.5. The molecule has 1 aromatic carbocycles. The Hall–Kier alpha value is -0.970. The first-order valence-corrected chi connectivity index (χ1v) is 6.68. The lowest BCUT2D eigenvalue weighted by atomic mass is 9.96. The molecule has 7 heteroatoms. The Morgan fingerprint density at radius 2 is 1.68 bits per heavy atom. The van der Waals surface area contributed by atoms with Crippen LogP contribution in [0.1, 0.15) is 26.6 Å². The van der Waals surface area contributed by atoms with E-state index in [2.05, 4.69) is 10.1 Å². The monoisotopic (exact) mass is 319 g/mol. The number of nitrogens with one attached hydrogen (secondary N) is 1. The number of halogens is 3. The largest absolute Gasteiger partial charge is 0.348 e. The van der Waals surface area contributed by atoms with Crippen LogP contribution in [0.5, 0.6) is 0 Å². The second kappa shape index (κ2) is 4.85. The molecule has 0 fully saturated rings. The maximum absolute atomic E-state index is 12.0. The van der Waals surface area contributed by atoms with E-state index in [0.29, 0.717) is 16.5 Å². The molecule has 2 aromatic rings. The Morgan fingerprint density at radius 1 is 1.16 bits per heavy atom. The minimum absolute atomic E-state index is 0.270. The molecular formula is C12H12Cl3N3O. The number of hydrogen-bond acceptors (Lipinski definition) is 2. The topological polar surface area (TPSA) is 50.7 Å². The Labute approximate surface area is 125 Å². The molecule has 0 aliphatic heterocycles. The Kier molecular flexibility index (Phi) is 3.69. The molecule has 1 N–H and O–H groups in total. The van der Waals surface area contributed by atoms with Crippen LogP contribution in [-0.4, -0.2) is 14.8 Å². The van der Waals surface area contributed by atoms with E-state index in [1.54, 1.807) is 0 Å². The molecule has 0 amide bonds. The summed E-state index contributed by atoms with van der Waals surface area (Å²) >= 11 is 18.0. The van der Waals surface area contributed by atoms with Gasteiger partial charge in [-0.3, -0.25) is 4.98 Å². The van der Waals surface area contributed by atoms with Crippen molar-refractivity contribution in [2.24, 2.45) is 0 Å². The molecule has 0 aliphatic rings. The lowest BCUT2D eigenvalue weighted by Gasteiger charge is -2.13. The van der Waals surface area contributed by atoms with Crippen molar-refractivity contribution in [3.8, 4) is 5.69 Å². The van der Waals surface area contributed by atoms with E-state index >= 15 is 0 Å². The number of benzene rings is 1. The number of aromatic amines is 1. The molecule has 0 saturated heterocycles. The van der Waals surface area contributed by atoms with E-state index < -0.39 is 5.69 Å². The smallest absolute Gasteiger partial charge is 0.292 e. The maximum Gasteiger partial charge on any atom is 0.348 e. The molecule has 0 aliphatic carbocycles. The average Bonchev–Trinajstić information content (AvgIpc) is 2.59. The zero-order chi connectivity index (χ0) is 14.4. The van der Waals surface area contributed by atoms with Gasteiger partial charge >= 0.3 is 5.69 Å². The fourth-order valence-corrected chi connectivity index (χ4v) is 2.53. The lowest BCUT2D eigenvalue weighted by molar-refractivity contribution is 0.543. The van der Waals surface area contributed by atoms with Crippen LogP contribution in [-0.2, 0) is 5.41 Å². The van der Waals surface area contributed by atoms with Crippen molar-refractivity contribution in [3.63, 3.8) is 0 Å². The van der Waals surface area contributed by atoms with Crippen molar-refractivity contribution in [3.05, 3.63) is 43.5 Å². The normalized spacial score (nSPS) is 11.9. The predicted octanol–water partition coefficient (Wildman–Crippen LogP) is 3.82. The second-order valence-corrected chi connectivity index (χ2v) is 6.41. The van der Waals surface area contributed by atoms with Gasteiger partial charge in [-0.25, -0.2) is 4.79 Å². The van der Waals surface area contributed by atoms with Crippen LogP contribution in [0.3, 0.4) is 0 Å². The molecule has 0 unspecified atom stereocenters. The van der Waals surface area contributed by atoms with Gasteiger partial charge in [-0.2, -0.15) is 4.68 Å². The molecule has 1 aromatic heterocycles. The first kappa shape index (κ1) is 14.4. The molecule has 4 nitrogen and oxygen atoms in total. The van der Waals surface area contributed by atoms with Crippen LogP contribution in [0.4, 0.5) is 0 Å². The summed E-state index contributed by atoms with van der Waals surface area (Å²) in [6.45, 7) is 5.84. The summed E-state index contributed by atoms with van der Waals surface area (Å²) in [7, 11) is 0. The standard InChI is InChI=1S/C12H12Cl3N3O/c1-12(2,3)10-16-11(19)18(17-10)9-7(14)4-6(13)5-8(9)15/h4-5H,1-3H3,(H,16,17,19). The van der Waals surface area contributed by atoms with Crippen LogP contribution < -0.4 is 5.69 Å². The van der Waals surface area contributed by atoms with Crippen molar-refractivity contribution in [2.45, 2.75) is 26.2 Å². The average molecular weight is 321 g/mol. The number of aromatic nitrogens is 3. The van der Waals surface area contributed by atoms with Gasteiger partial charge in [0.25, 0.3) is 0 Å². The van der Waals surface area contributed by atoms with Crippen molar-refractivity contribution in [2.75, 3.05) is 0 Å². The van der Waals surface area contributed by atoms with Gasteiger partial charge in [0, 0.05) is 10.4 Å². The van der Waals surface area contributed by atoms with Crippen LogP contribution in [0.25, 0.3) is 5.69 Å². The maximum atomic E-state index is 12.0. The molecular weight excluding hydrogens is 309 g/mol. The summed E-state index contributed by atoms with van der Waals surface area (Å²) in [4.78, 5) is 14.7. The Balaban J connectivity index is 2.67. The van der Waals surface area contributed by atoms with Crippen LogP contribution >= 0.6 is 34.8 Å². The van der Waals surface area contributed by atoms with Crippen LogP contribution in [0.2, 0.25) is 15.1 Å². The Bertz CT molecular complexity index is 659. The van der Waals surface area contributed by atoms with Gasteiger partial charge in [0.15, 0.2) is 0 Å². The highest BCUT2D eigenvalue weighted by Crippen LogP contribution is 2.31. The predicted molar refractivity (Wildman–Crippen MR) is 77.9 cm³/mol. The highest BCUT2D eigenvalue weighted by molar-refractivity contribution is 6.40. The zero-order valence-electron chi connectivity index (χ0n) is 10.6. The third-order valence-electron chi connectivity index (χ3n) is 2.52. The summed E-state index contributed by atoms with van der Waals surface area (Å²) in [6.07, 6.45) is 0. The van der Waals surface area contributed by atoms with Gasteiger partial charge in [0.2, 0.25) is 0 Å². The first-order valence-electron chi connectivity index (χ1n) is 5.55. The lowest BCUT2D eigenvalue weighted by Crippen LogP contribution is -2.16. The van der Waals surface area contributed by atoms with Crippen molar-refractivity contribution in [1.82, 2.24) is 14.8 Å². The third-order valence-corrected chi connectivity index (χ3v) is 3.32. The minimum atomic E-state index is -0.393. The fraction of sp³-hybridized carbons (Fsp3) is 0.333. The summed E-state index contributed by atoms with van der Waals surface area (Å²) in [5.74, 6) is 0.555. The van der Waals surface area contributed by atoms with Gasteiger partial charge in [0.1, 0.15) is 11.5 Å². The number of rotatable bonds is 1. The van der Waals surface area contributed by atoms with E-state index in [4.69, 9.17) is 34.8 Å². The molecule has 0 atom stereocenters. The summed E-state index contributed by atoms with van der Waals surface area (Å²) in [5.41, 5.74) is -0.351.